The fourth-order valence-corrected chi connectivity index (χ4v) is 4.25. The van der Waals surface area contributed by atoms with Crippen LogP contribution in [0.25, 0.3) is 11.3 Å². The SMILES string of the molecule is COc1ccc(Nc2nc(NC(=O)Nc3cccc(Cl)c3)nc(Nc3nc(-c4ccccc4)cs3)n2)cc1. The van der Waals surface area contributed by atoms with Crippen molar-refractivity contribution < 1.29 is 9.53 Å². The van der Waals surface area contributed by atoms with E-state index in [0.29, 0.717) is 21.6 Å². The Labute approximate surface area is 227 Å². The van der Waals surface area contributed by atoms with Gasteiger partial charge in [0, 0.05) is 27.3 Å². The van der Waals surface area contributed by atoms with E-state index in [1.165, 1.54) is 11.3 Å². The monoisotopic (exact) mass is 544 g/mol. The molecule has 10 nitrogen and oxygen atoms in total. The van der Waals surface area contributed by atoms with Crippen LogP contribution in [0.5, 0.6) is 5.75 Å². The Bertz CT molecular complexity index is 1550. The third-order valence-electron chi connectivity index (χ3n) is 5.08. The smallest absolute Gasteiger partial charge is 0.326 e. The summed E-state index contributed by atoms with van der Waals surface area (Å²) in [5.41, 5.74) is 3.06. The number of urea groups is 1. The molecule has 2 heterocycles. The highest BCUT2D eigenvalue weighted by Crippen LogP contribution is 2.27. The van der Waals surface area contributed by atoms with Crippen LogP contribution in [0.1, 0.15) is 0 Å². The molecule has 0 aliphatic carbocycles. The Balaban J connectivity index is 1.38. The van der Waals surface area contributed by atoms with Crippen LogP contribution in [0, 0.1) is 0 Å². The number of carbonyl (C=O) groups is 1. The second-order valence-electron chi connectivity index (χ2n) is 7.78. The van der Waals surface area contributed by atoms with Gasteiger partial charge in [0.25, 0.3) is 0 Å². The number of halogens is 1. The summed E-state index contributed by atoms with van der Waals surface area (Å²) in [6, 6.07) is 23.3. The van der Waals surface area contributed by atoms with Crippen molar-refractivity contribution in [1.29, 1.82) is 0 Å². The fourth-order valence-electron chi connectivity index (χ4n) is 3.35. The number of rotatable bonds is 8. The zero-order valence-corrected chi connectivity index (χ0v) is 21.5. The van der Waals surface area contributed by atoms with Crippen LogP contribution in [0.4, 0.5) is 39.1 Å². The van der Waals surface area contributed by atoms with Gasteiger partial charge in [-0.15, -0.1) is 11.3 Å². The molecule has 0 aliphatic heterocycles. The molecule has 12 heteroatoms. The molecular formula is C26H21ClN8O2S. The van der Waals surface area contributed by atoms with E-state index in [2.05, 4.69) is 41.2 Å². The third-order valence-corrected chi connectivity index (χ3v) is 6.07. The number of benzene rings is 3. The molecular weight excluding hydrogens is 524 g/mol. The Kier molecular flexibility index (Phi) is 7.57. The lowest BCUT2D eigenvalue weighted by Crippen LogP contribution is -2.21. The highest BCUT2D eigenvalue weighted by Gasteiger charge is 2.13. The van der Waals surface area contributed by atoms with E-state index in [4.69, 9.17) is 16.3 Å². The van der Waals surface area contributed by atoms with Gasteiger partial charge in [0.2, 0.25) is 17.8 Å². The largest absolute Gasteiger partial charge is 0.497 e. The predicted molar refractivity (Wildman–Crippen MR) is 151 cm³/mol. The van der Waals surface area contributed by atoms with Gasteiger partial charge in [0.1, 0.15) is 5.75 Å². The molecule has 190 valence electrons. The van der Waals surface area contributed by atoms with Crippen LogP contribution < -0.4 is 26.0 Å². The van der Waals surface area contributed by atoms with Gasteiger partial charge in [-0.05, 0) is 42.5 Å². The molecule has 0 saturated carbocycles. The number of aromatic nitrogens is 4. The number of hydrogen-bond donors (Lipinski definition) is 4. The molecule has 38 heavy (non-hydrogen) atoms. The number of anilines is 6. The molecule has 5 aromatic rings. The molecule has 0 radical (unpaired) electrons. The lowest BCUT2D eigenvalue weighted by atomic mass is 10.2. The van der Waals surface area contributed by atoms with Gasteiger partial charge in [-0.3, -0.25) is 10.6 Å². The zero-order valence-electron chi connectivity index (χ0n) is 20.0. The molecule has 2 amide bonds. The minimum Gasteiger partial charge on any atom is -0.497 e. The summed E-state index contributed by atoms with van der Waals surface area (Å²) < 4.78 is 5.21. The molecule has 3 aromatic carbocycles. The maximum atomic E-state index is 12.6. The molecule has 0 aliphatic rings. The molecule has 4 N–H and O–H groups in total. The number of amides is 2. The molecule has 0 unspecified atom stereocenters. The van der Waals surface area contributed by atoms with Crippen LogP contribution in [-0.4, -0.2) is 33.1 Å². The van der Waals surface area contributed by atoms with Crippen molar-refractivity contribution in [2.75, 3.05) is 28.4 Å². The van der Waals surface area contributed by atoms with Crippen LogP contribution in [0.15, 0.2) is 84.2 Å². The standard InChI is InChI=1S/C26H21ClN8O2S/c1-37-20-12-10-18(11-13-20)28-22-31-23(34-25(36)29-19-9-5-8-17(27)14-19)33-24(32-22)35-26-30-21(15-38-26)16-6-3-2-4-7-16/h2-15H,1H3,(H4,28,29,30,31,32,33,34,35,36). The van der Waals surface area contributed by atoms with Crippen LogP contribution in [0.2, 0.25) is 5.02 Å². The van der Waals surface area contributed by atoms with Gasteiger partial charge in [0.15, 0.2) is 5.13 Å². The third kappa shape index (κ3) is 6.52. The van der Waals surface area contributed by atoms with E-state index in [9.17, 15) is 4.79 Å². The fraction of sp³-hybridized carbons (Fsp3) is 0.0385. The normalized spacial score (nSPS) is 10.5. The van der Waals surface area contributed by atoms with E-state index in [0.717, 1.165) is 16.9 Å². The number of hydrogen-bond acceptors (Lipinski definition) is 9. The number of carbonyl (C=O) groups excluding carboxylic acids is 1. The van der Waals surface area contributed by atoms with Crippen molar-refractivity contribution in [2.45, 2.75) is 0 Å². The number of nitrogens with one attached hydrogen (secondary N) is 4. The minimum absolute atomic E-state index is 0.0258. The van der Waals surface area contributed by atoms with E-state index in [1.54, 1.807) is 43.5 Å². The van der Waals surface area contributed by atoms with Crippen molar-refractivity contribution >= 4 is 63.3 Å². The Morgan fingerprint density at radius 3 is 2.26 bits per heavy atom. The van der Waals surface area contributed by atoms with Crippen molar-refractivity contribution in [3.05, 3.63) is 89.3 Å². The lowest BCUT2D eigenvalue weighted by Gasteiger charge is -2.11. The van der Waals surface area contributed by atoms with Gasteiger partial charge in [-0.2, -0.15) is 15.0 Å². The first-order chi connectivity index (χ1) is 18.5. The first-order valence-electron chi connectivity index (χ1n) is 11.3. The molecule has 0 saturated heterocycles. The molecule has 0 fully saturated rings. The van der Waals surface area contributed by atoms with Crippen LogP contribution in [0.3, 0.4) is 0 Å². The van der Waals surface area contributed by atoms with Gasteiger partial charge in [-0.25, -0.2) is 9.78 Å². The quantitative estimate of drug-likeness (QED) is 0.168. The van der Waals surface area contributed by atoms with Gasteiger partial charge in [0.05, 0.1) is 12.8 Å². The summed E-state index contributed by atoms with van der Waals surface area (Å²) in [7, 11) is 1.60. The second kappa shape index (κ2) is 11.5. The number of thiazole rings is 1. The summed E-state index contributed by atoms with van der Waals surface area (Å²) in [5.74, 6) is 1.15. The van der Waals surface area contributed by atoms with Crippen LogP contribution in [-0.2, 0) is 0 Å². The van der Waals surface area contributed by atoms with Gasteiger partial charge >= 0.3 is 6.03 Å². The molecule has 5 rings (SSSR count). The average molecular weight is 545 g/mol. The first kappa shape index (κ1) is 24.9. The number of methoxy groups -OCH3 is 1. The van der Waals surface area contributed by atoms with Crippen molar-refractivity contribution in [2.24, 2.45) is 0 Å². The van der Waals surface area contributed by atoms with E-state index in [-0.39, 0.29) is 17.8 Å². The molecule has 2 aromatic heterocycles. The Morgan fingerprint density at radius 2 is 1.53 bits per heavy atom. The molecule has 0 spiro atoms. The number of ether oxygens (including phenoxy) is 1. The highest BCUT2D eigenvalue weighted by molar-refractivity contribution is 7.14. The Hall–Kier alpha value is -4.74. The van der Waals surface area contributed by atoms with Crippen molar-refractivity contribution in [3.63, 3.8) is 0 Å². The summed E-state index contributed by atoms with van der Waals surface area (Å²) >= 11 is 7.42. The minimum atomic E-state index is -0.541. The second-order valence-corrected chi connectivity index (χ2v) is 9.07. The average Bonchev–Trinajstić information content (AvgIpc) is 3.38. The van der Waals surface area contributed by atoms with Gasteiger partial charge in [-0.1, -0.05) is 48.0 Å². The van der Waals surface area contributed by atoms with Crippen molar-refractivity contribution in [3.8, 4) is 17.0 Å². The summed E-state index contributed by atoms with van der Waals surface area (Å²) in [6.45, 7) is 0. The number of nitrogens with zero attached hydrogens (tertiary/aromatic N) is 4. The maximum Gasteiger partial charge on any atom is 0.326 e. The van der Waals surface area contributed by atoms with E-state index in [1.807, 2.05) is 47.8 Å². The first-order valence-corrected chi connectivity index (χ1v) is 12.6. The summed E-state index contributed by atoms with van der Waals surface area (Å²) in [4.78, 5) is 30.4. The Morgan fingerprint density at radius 1 is 0.789 bits per heavy atom. The van der Waals surface area contributed by atoms with E-state index >= 15 is 0 Å². The van der Waals surface area contributed by atoms with Crippen molar-refractivity contribution in [1.82, 2.24) is 19.9 Å². The van der Waals surface area contributed by atoms with Gasteiger partial charge < -0.3 is 15.4 Å². The predicted octanol–water partition coefficient (Wildman–Crippen LogP) is 6.79. The zero-order chi connectivity index (χ0) is 26.3. The molecule has 0 atom stereocenters. The topological polar surface area (TPSA) is 126 Å². The molecule has 0 bridgehead atoms. The van der Waals surface area contributed by atoms with Crippen LogP contribution >= 0.6 is 22.9 Å². The highest BCUT2D eigenvalue weighted by atomic mass is 35.5. The summed E-state index contributed by atoms with van der Waals surface area (Å²) in [5, 5.41) is 14.6. The lowest BCUT2D eigenvalue weighted by molar-refractivity contribution is 0.262. The maximum absolute atomic E-state index is 12.6. The van der Waals surface area contributed by atoms with E-state index < -0.39 is 6.03 Å². The summed E-state index contributed by atoms with van der Waals surface area (Å²) in [6.07, 6.45) is 0.